The van der Waals surface area contributed by atoms with Crippen LogP contribution >= 0.6 is 23.2 Å². The molecule has 0 fully saturated rings. The lowest BCUT2D eigenvalue weighted by Gasteiger charge is -2.03. The Morgan fingerprint density at radius 3 is 1.88 bits per heavy atom. The third kappa shape index (κ3) is 5.25. The molecule has 0 saturated carbocycles. The van der Waals surface area contributed by atoms with Crippen molar-refractivity contribution in [1.82, 2.24) is 9.97 Å². The van der Waals surface area contributed by atoms with Crippen molar-refractivity contribution in [2.45, 2.75) is 40.0 Å². The zero-order valence-electron chi connectivity index (χ0n) is 14.0. The highest BCUT2D eigenvalue weighted by atomic mass is 35.5. The van der Waals surface area contributed by atoms with Crippen LogP contribution in [0, 0.1) is 11.6 Å². The van der Waals surface area contributed by atoms with E-state index in [4.69, 9.17) is 23.2 Å². The molecule has 0 unspecified atom stereocenters. The number of halogens is 4. The van der Waals surface area contributed by atoms with Gasteiger partial charge in [0, 0.05) is 0 Å². The molecule has 2 aromatic heterocycles. The quantitative estimate of drug-likeness (QED) is 0.607. The van der Waals surface area contributed by atoms with Gasteiger partial charge in [-0.1, -0.05) is 50.6 Å². The maximum absolute atomic E-state index is 13.1. The second-order valence-corrected chi connectivity index (χ2v) is 5.65. The zero-order valence-corrected chi connectivity index (χ0v) is 15.5. The molecule has 0 radical (unpaired) electrons. The number of pyridine rings is 2. The van der Waals surface area contributed by atoms with Crippen LogP contribution in [0.3, 0.4) is 0 Å². The number of hydrogen-bond donors (Lipinski definition) is 0. The van der Waals surface area contributed by atoms with Crippen LogP contribution in [0.5, 0.6) is 0 Å². The highest BCUT2D eigenvalue weighted by Gasteiger charge is 2.07. The van der Waals surface area contributed by atoms with Gasteiger partial charge >= 0.3 is 0 Å². The molecule has 0 spiro atoms. The lowest BCUT2D eigenvalue weighted by Crippen LogP contribution is -1.97. The molecule has 0 aromatic carbocycles. The molecule has 6 heteroatoms. The van der Waals surface area contributed by atoms with Crippen molar-refractivity contribution in [1.29, 1.82) is 0 Å². The summed E-state index contributed by atoms with van der Waals surface area (Å²) in [6.45, 7) is 9.11. The smallest absolute Gasteiger partial charge is 0.149 e. The molecule has 2 rings (SSSR count). The number of aromatic nitrogens is 2. The van der Waals surface area contributed by atoms with Gasteiger partial charge in [0.2, 0.25) is 0 Å². The minimum Gasteiger partial charge on any atom is -0.238 e. The summed E-state index contributed by atoms with van der Waals surface area (Å²) in [6.07, 6.45) is 3.32. The monoisotopic (exact) mass is 372 g/mol. The SMILES string of the molecule is C=Cc1nc(Cl)c(CC)cc1F.CCc1cc(F)c(CC)nc1Cl. The number of aryl methyl sites for hydroxylation is 3. The van der Waals surface area contributed by atoms with Gasteiger partial charge in [-0.05, 0) is 48.6 Å². The van der Waals surface area contributed by atoms with Crippen LogP contribution in [0.4, 0.5) is 8.78 Å². The highest BCUT2D eigenvalue weighted by Crippen LogP contribution is 2.18. The molecule has 24 heavy (non-hydrogen) atoms. The van der Waals surface area contributed by atoms with E-state index in [-0.39, 0.29) is 17.3 Å². The summed E-state index contributed by atoms with van der Waals surface area (Å²) in [5.41, 5.74) is 2.14. The molecule has 2 heterocycles. The first-order valence-electron chi connectivity index (χ1n) is 7.68. The number of nitrogens with zero attached hydrogens (tertiary/aromatic N) is 2. The Balaban J connectivity index is 0.000000240. The minimum atomic E-state index is -0.369. The summed E-state index contributed by atoms with van der Waals surface area (Å²) in [5, 5.41) is 0.782. The van der Waals surface area contributed by atoms with Gasteiger partial charge in [-0.2, -0.15) is 0 Å². The van der Waals surface area contributed by atoms with Gasteiger partial charge in [0.05, 0.1) is 11.4 Å². The molecule has 2 aromatic rings. The third-order valence-electron chi connectivity index (χ3n) is 3.39. The maximum atomic E-state index is 13.1. The van der Waals surface area contributed by atoms with E-state index in [9.17, 15) is 8.78 Å². The van der Waals surface area contributed by atoms with Gasteiger partial charge in [0.15, 0.2) is 0 Å². The average Bonchev–Trinajstić information content (AvgIpc) is 2.58. The molecular formula is C18H20Cl2F2N2. The molecule has 0 atom stereocenters. The molecule has 0 amide bonds. The Bertz CT molecular complexity index is 689. The van der Waals surface area contributed by atoms with E-state index in [1.807, 2.05) is 20.8 Å². The fourth-order valence-corrected chi connectivity index (χ4v) is 2.51. The van der Waals surface area contributed by atoms with Gasteiger partial charge in [0.25, 0.3) is 0 Å². The van der Waals surface area contributed by atoms with E-state index >= 15 is 0 Å². The van der Waals surface area contributed by atoms with E-state index in [0.717, 1.165) is 11.1 Å². The van der Waals surface area contributed by atoms with Crippen LogP contribution < -0.4 is 0 Å². The molecule has 0 N–H and O–H groups in total. The lowest BCUT2D eigenvalue weighted by molar-refractivity contribution is 0.599. The zero-order chi connectivity index (χ0) is 18.3. The molecule has 0 aliphatic heterocycles. The van der Waals surface area contributed by atoms with E-state index in [1.54, 1.807) is 0 Å². The van der Waals surface area contributed by atoms with Crippen LogP contribution in [0.25, 0.3) is 6.08 Å². The Hall–Kier alpha value is -1.52. The summed E-state index contributed by atoms with van der Waals surface area (Å²) in [7, 11) is 0. The molecular weight excluding hydrogens is 353 g/mol. The van der Waals surface area contributed by atoms with Crippen LogP contribution in [-0.4, -0.2) is 9.97 Å². The Morgan fingerprint density at radius 1 is 0.917 bits per heavy atom. The number of hydrogen-bond acceptors (Lipinski definition) is 2. The van der Waals surface area contributed by atoms with Crippen molar-refractivity contribution < 1.29 is 8.78 Å². The largest absolute Gasteiger partial charge is 0.238 e. The van der Waals surface area contributed by atoms with Gasteiger partial charge in [-0.25, -0.2) is 18.7 Å². The maximum Gasteiger partial charge on any atom is 0.149 e. The Kier molecular flexibility index (Phi) is 8.29. The van der Waals surface area contributed by atoms with Gasteiger partial charge < -0.3 is 0 Å². The molecule has 130 valence electrons. The van der Waals surface area contributed by atoms with Gasteiger partial charge in [-0.15, -0.1) is 0 Å². The second kappa shape index (κ2) is 9.70. The van der Waals surface area contributed by atoms with E-state index in [2.05, 4.69) is 16.5 Å². The Morgan fingerprint density at radius 2 is 1.42 bits per heavy atom. The summed E-state index contributed by atoms with van der Waals surface area (Å²) in [4.78, 5) is 7.79. The van der Waals surface area contributed by atoms with Crippen molar-refractivity contribution >= 4 is 29.3 Å². The summed E-state index contributed by atoms with van der Waals surface area (Å²) >= 11 is 11.6. The van der Waals surface area contributed by atoms with Crippen molar-refractivity contribution in [3.8, 4) is 0 Å². The molecule has 0 saturated heterocycles. The molecule has 2 nitrogen and oxygen atoms in total. The normalized spacial score (nSPS) is 10.1. The van der Waals surface area contributed by atoms with Crippen LogP contribution in [0.2, 0.25) is 10.3 Å². The fraction of sp³-hybridized carbons (Fsp3) is 0.333. The predicted octanol–water partition coefficient (Wildman–Crippen LogP) is 6.08. The van der Waals surface area contributed by atoms with Crippen molar-refractivity contribution in [3.63, 3.8) is 0 Å². The first-order valence-corrected chi connectivity index (χ1v) is 8.44. The predicted molar refractivity (Wildman–Crippen MR) is 96.6 cm³/mol. The van der Waals surface area contributed by atoms with Crippen LogP contribution in [-0.2, 0) is 19.3 Å². The van der Waals surface area contributed by atoms with Crippen molar-refractivity contribution in [3.05, 3.63) is 63.2 Å². The summed E-state index contributed by atoms with van der Waals surface area (Å²) in [5.74, 6) is -0.620. The first-order chi connectivity index (χ1) is 11.4. The van der Waals surface area contributed by atoms with E-state index in [1.165, 1.54) is 18.2 Å². The first kappa shape index (κ1) is 20.5. The number of rotatable bonds is 4. The van der Waals surface area contributed by atoms with E-state index < -0.39 is 0 Å². The highest BCUT2D eigenvalue weighted by molar-refractivity contribution is 6.30. The standard InChI is InChI=1S/C9H11ClFN.C9H9ClFN/c2*1-3-6-5-7(11)8(4-2)12-9(6)10/h5H,3-4H2,1-2H3;4-5H,2-3H2,1H3. The van der Waals surface area contributed by atoms with Crippen LogP contribution in [0.15, 0.2) is 18.7 Å². The van der Waals surface area contributed by atoms with Gasteiger partial charge in [-0.3, -0.25) is 0 Å². The summed E-state index contributed by atoms with van der Waals surface area (Å²) in [6, 6.07) is 2.86. The van der Waals surface area contributed by atoms with Gasteiger partial charge in [0.1, 0.15) is 21.9 Å². The summed E-state index contributed by atoms with van der Waals surface area (Å²) < 4.78 is 26.1. The fourth-order valence-electron chi connectivity index (χ4n) is 1.94. The lowest BCUT2D eigenvalue weighted by atomic mass is 10.2. The van der Waals surface area contributed by atoms with E-state index in [0.29, 0.717) is 35.3 Å². The van der Waals surface area contributed by atoms with Crippen LogP contribution in [0.1, 0.15) is 43.3 Å². The topological polar surface area (TPSA) is 25.8 Å². The second-order valence-electron chi connectivity index (χ2n) is 4.94. The molecule has 0 bridgehead atoms. The molecule has 0 aliphatic carbocycles. The minimum absolute atomic E-state index is 0.206. The third-order valence-corrected chi connectivity index (χ3v) is 4.05. The van der Waals surface area contributed by atoms with Crippen molar-refractivity contribution in [2.75, 3.05) is 0 Å². The molecule has 0 aliphatic rings. The Labute approximate surface area is 151 Å². The average molecular weight is 373 g/mol. The van der Waals surface area contributed by atoms with Crippen molar-refractivity contribution in [2.24, 2.45) is 0 Å².